The zero-order valence-corrected chi connectivity index (χ0v) is 21.0. The van der Waals surface area contributed by atoms with Crippen molar-refractivity contribution in [2.45, 2.75) is 38.0 Å². The van der Waals surface area contributed by atoms with E-state index < -0.39 is 5.41 Å². The third kappa shape index (κ3) is 4.40. The SMILES string of the molecule is CCCCCCOc1ccc(C2(c3ccc(OCCO)cc3)c3ccccc3-c3ccccc32)cc1. The zero-order chi connectivity index (χ0) is 24.8. The number of ether oxygens (including phenoxy) is 2. The third-order valence-corrected chi connectivity index (χ3v) is 7.15. The smallest absolute Gasteiger partial charge is 0.119 e. The van der Waals surface area contributed by atoms with Crippen LogP contribution in [0.2, 0.25) is 0 Å². The molecule has 36 heavy (non-hydrogen) atoms. The van der Waals surface area contributed by atoms with E-state index in [1.807, 2.05) is 12.1 Å². The second-order valence-corrected chi connectivity index (χ2v) is 9.37. The first kappa shape index (κ1) is 24.1. The second-order valence-electron chi connectivity index (χ2n) is 9.37. The minimum atomic E-state index is -0.442. The molecule has 4 aromatic rings. The molecule has 0 amide bonds. The highest BCUT2D eigenvalue weighted by atomic mass is 16.5. The van der Waals surface area contributed by atoms with E-state index in [-0.39, 0.29) is 13.2 Å². The van der Waals surface area contributed by atoms with Crippen LogP contribution in [0.1, 0.15) is 54.9 Å². The Morgan fingerprint density at radius 2 is 1.08 bits per heavy atom. The summed E-state index contributed by atoms with van der Waals surface area (Å²) in [5.41, 5.74) is 7.05. The van der Waals surface area contributed by atoms with Gasteiger partial charge in [-0.15, -0.1) is 0 Å². The Balaban J connectivity index is 1.58. The molecule has 1 aliphatic rings. The van der Waals surface area contributed by atoms with Gasteiger partial charge in [0.15, 0.2) is 0 Å². The lowest BCUT2D eigenvalue weighted by atomic mass is 9.68. The summed E-state index contributed by atoms with van der Waals surface area (Å²) < 4.78 is 11.7. The number of rotatable bonds is 11. The summed E-state index contributed by atoms with van der Waals surface area (Å²) >= 11 is 0. The molecule has 1 N–H and O–H groups in total. The van der Waals surface area contributed by atoms with Gasteiger partial charge in [0.05, 0.1) is 18.6 Å². The molecule has 0 atom stereocenters. The van der Waals surface area contributed by atoms with Gasteiger partial charge in [0.25, 0.3) is 0 Å². The standard InChI is InChI=1S/C33H34O3/c1-2-3-4-9-23-35-27-18-14-25(15-19-27)33(26-16-20-28(21-17-26)36-24-22-34)31-12-7-5-10-29(31)30-11-6-8-13-32(30)33/h5-8,10-21,34H,2-4,9,22-24H2,1H3. The third-order valence-electron chi connectivity index (χ3n) is 7.15. The molecule has 0 saturated carbocycles. The van der Waals surface area contributed by atoms with E-state index in [0.29, 0.717) is 0 Å². The summed E-state index contributed by atoms with van der Waals surface area (Å²) in [6.07, 6.45) is 4.79. The maximum absolute atomic E-state index is 9.14. The fraction of sp³-hybridized carbons (Fsp3) is 0.273. The van der Waals surface area contributed by atoms with Crippen LogP contribution in [0.15, 0.2) is 97.1 Å². The number of fused-ring (bicyclic) bond motifs is 3. The van der Waals surface area contributed by atoms with E-state index >= 15 is 0 Å². The number of hydrogen-bond acceptors (Lipinski definition) is 3. The number of hydrogen-bond donors (Lipinski definition) is 1. The molecule has 0 aliphatic heterocycles. The van der Waals surface area contributed by atoms with Crippen molar-refractivity contribution < 1.29 is 14.6 Å². The molecule has 3 nitrogen and oxygen atoms in total. The van der Waals surface area contributed by atoms with Crippen LogP contribution < -0.4 is 9.47 Å². The predicted octanol–water partition coefficient (Wildman–Crippen LogP) is 7.38. The second kappa shape index (κ2) is 11.0. The van der Waals surface area contributed by atoms with Crippen molar-refractivity contribution in [2.24, 2.45) is 0 Å². The Morgan fingerprint density at radius 1 is 0.583 bits per heavy atom. The summed E-state index contributed by atoms with van der Waals surface area (Å²) in [6.45, 7) is 3.27. The minimum absolute atomic E-state index is 0.000533. The Bertz CT molecular complexity index is 1230. The average molecular weight is 479 g/mol. The molecule has 0 spiro atoms. The van der Waals surface area contributed by atoms with Gasteiger partial charge in [0, 0.05) is 0 Å². The predicted molar refractivity (Wildman–Crippen MR) is 146 cm³/mol. The lowest BCUT2D eigenvalue weighted by Crippen LogP contribution is -2.28. The molecular weight excluding hydrogens is 444 g/mol. The molecule has 0 saturated heterocycles. The largest absolute Gasteiger partial charge is 0.494 e. The summed E-state index contributed by atoms with van der Waals surface area (Å²) in [5, 5.41) is 9.14. The van der Waals surface area contributed by atoms with E-state index in [1.54, 1.807) is 0 Å². The first-order valence-electron chi connectivity index (χ1n) is 13.1. The zero-order valence-electron chi connectivity index (χ0n) is 21.0. The van der Waals surface area contributed by atoms with Crippen LogP contribution in [0, 0.1) is 0 Å². The maximum Gasteiger partial charge on any atom is 0.119 e. The van der Waals surface area contributed by atoms with E-state index in [9.17, 15) is 0 Å². The topological polar surface area (TPSA) is 38.7 Å². The van der Waals surface area contributed by atoms with Crippen molar-refractivity contribution in [1.82, 2.24) is 0 Å². The van der Waals surface area contributed by atoms with Gasteiger partial charge in [-0.25, -0.2) is 0 Å². The highest BCUT2D eigenvalue weighted by Crippen LogP contribution is 2.56. The summed E-state index contributed by atoms with van der Waals surface area (Å²) in [6, 6.07) is 34.4. The summed E-state index contributed by atoms with van der Waals surface area (Å²) in [5.74, 6) is 1.67. The number of aliphatic hydroxyl groups is 1. The van der Waals surface area contributed by atoms with E-state index in [1.165, 1.54) is 52.6 Å². The highest BCUT2D eigenvalue weighted by molar-refractivity contribution is 5.86. The monoisotopic (exact) mass is 478 g/mol. The lowest BCUT2D eigenvalue weighted by Gasteiger charge is -2.34. The van der Waals surface area contributed by atoms with E-state index in [0.717, 1.165) is 24.5 Å². The van der Waals surface area contributed by atoms with Crippen molar-refractivity contribution in [3.05, 3.63) is 119 Å². The fourth-order valence-electron chi connectivity index (χ4n) is 5.51. The summed E-state index contributed by atoms with van der Waals surface area (Å²) in [7, 11) is 0. The molecule has 0 unspecified atom stereocenters. The summed E-state index contributed by atoms with van der Waals surface area (Å²) in [4.78, 5) is 0. The van der Waals surface area contributed by atoms with Gasteiger partial charge in [-0.05, 0) is 64.1 Å². The Hall–Kier alpha value is -3.56. The van der Waals surface area contributed by atoms with Crippen LogP contribution in [-0.4, -0.2) is 24.9 Å². The Labute approximate surface area is 214 Å². The quantitative estimate of drug-likeness (QED) is 0.201. The Kier molecular flexibility index (Phi) is 7.39. The van der Waals surface area contributed by atoms with Gasteiger partial charge in [-0.1, -0.05) is 99.0 Å². The first-order chi connectivity index (χ1) is 17.8. The minimum Gasteiger partial charge on any atom is -0.494 e. The molecule has 0 fully saturated rings. The van der Waals surface area contributed by atoms with Crippen molar-refractivity contribution in [3.8, 4) is 22.6 Å². The van der Waals surface area contributed by atoms with Crippen LogP contribution in [0.4, 0.5) is 0 Å². The van der Waals surface area contributed by atoms with Gasteiger partial charge in [-0.2, -0.15) is 0 Å². The molecule has 1 aliphatic carbocycles. The van der Waals surface area contributed by atoms with Gasteiger partial charge in [0.2, 0.25) is 0 Å². The van der Waals surface area contributed by atoms with Gasteiger partial charge in [0.1, 0.15) is 18.1 Å². The Morgan fingerprint density at radius 3 is 1.58 bits per heavy atom. The molecule has 4 aromatic carbocycles. The molecule has 0 bridgehead atoms. The van der Waals surface area contributed by atoms with Gasteiger partial charge in [-0.3, -0.25) is 0 Å². The molecule has 3 heteroatoms. The van der Waals surface area contributed by atoms with Crippen LogP contribution in [-0.2, 0) is 5.41 Å². The molecular formula is C33H34O3. The fourth-order valence-corrected chi connectivity index (χ4v) is 5.51. The van der Waals surface area contributed by atoms with Crippen molar-refractivity contribution in [1.29, 1.82) is 0 Å². The molecule has 0 aromatic heterocycles. The van der Waals surface area contributed by atoms with Crippen molar-refractivity contribution in [2.75, 3.05) is 19.8 Å². The van der Waals surface area contributed by atoms with Crippen LogP contribution in [0.25, 0.3) is 11.1 Å². The van der Waals surface area contributed by atoms with Crippen LogP contribution >= 0.6 is 0 Å². The normalized spacial score (nSPS) is 13.2. The molecule has 0 heterocycles. The van der Waals surface area contributed by atoms with Crippen molar-refractivity contribution in [3.63, 3.8) is 0 Å². The highest BCUT2D eigenvalue weighted by Gasteiger charge is 2.45. The van der Waals surface area contributed by atoms with E-state index in [2.05, 4.69) is 91.9 Å². The first-order valence-corrected chi connectivity index (χ1v) is 13.1. The van der Waals surface area contributed by atoms with Gasteiger partial charge >= 0.3 is 0 Å². The maximum atomic E-state index is 9.14. The van der Waals surface area contributed by atoms with Crippen LogP contribution in [0.5, 0.6) is 11.5 Å². The number of benzene rings is 4. The molecule has 0 radical (unpaired) electrons. The number of unbranched alkanes of at least 4 members (excludes halogenated alkanes) is 3. The lowest BCUT2D eigenvalue weighted by molar-refractivity contribution is 0.201. The average Bonchev–Trinajstić information content (AvgIpc) is 3.24. The number of aliphatic hydroxyl groups excluding tert-OH is 1. The van der Waals surface area contributed by atoms with Crippen molar-refractivity contribution >= 4 is 0 Å². The van der Waals surface area contributed by atoms with Gasteiger partial charge < -0.3 is 14.6 Å². The molecule has 5 rings (SSSR count). The van der Waals surface area contributed by atoms with Crippen LogP contribution in [0.3, 0.4) is 0 Å². The van der Waals surface area contributed by atoms with E-state index in [4.69, 9.17) is 14.6 Å². The molecule has 184 valence electrons.